The number of nitrogens with one attached hydrogen (secondary N) is 1. The van der Waals surface area contributed by atoms with Gasteiger partial charge in [0.1, 0.15) is 6.04 Å². The fraction of sp³-hybridized carbons (Fsp3) is 0.846. The van der Waals surface area contributed by atoms with Crippen molar-refractivity contribution in [1.29, 1.82) is 0 Å². The van der Waals surface area contributed by atoms with Crippen LogP contribution in [0.2, 0.25) is 0 Å². The van der Waals surface area contributed by atoms with Crippen molar-refractivity contribution >= 4 is 11.8 Å². The summed E-state index contributed by atoms with van der Waals surface area (Å²) in [5.41, 5.74) is 0. The van der Waals surface area contributed by atoms with Gasteiger partial charge < -0.3 is 10.2 Å². The lowest BCUT2D eigenvalue weighted by molar-refractivity contribution is -0.136. The maximum atomic E-state index is 12.4. The highest BCUT2D eigenvalue weighted by Gasteiger charge is 2.35. The third-order valence-corrected chi connectivity index (χ3v) is 3.62. The minimum Gasteiger partial charge on any atom is -0.344 e. The predicted octanol–water partition coefficient (Wildman–Crippen LogP) is 1.50. The summed E-state index contributed by atoms with van der Waals surface area (Å²) in [5.74, 6) is -0.0697. The Labute approximate surface area is 108 Å². The van der Waals surface area contributed by atoms with E-state index in [0.29, 0.717) is 19.4 Å². The first-order chi connectivity index (χ1) is 8.51. The molecule has 1 saturated heterocycles. The van der Waals surface area contributed by atoms with Crippen molar-refractivity contribution in [3.8, 4) is 0 Å². The largest absolute Gasteiger partial charge is 0.344 e. The molecule has 0 aromatic rings. The summed E-state index contributed by atoms with van der Waals surface area (Å²) in [4.78, 5) is 25.8. The molecule has 1 rings (SSSR count). The number of hydrogen-bond donors (Lipinski definition) is 1. The quantitative estimate of drug-likeness (QED) is 0.812. The predicted molar refractivity (Wildman–Crippen MR) is 67.8 cm³/mol. The van der Waals surface area contributed by atoms with Gasteiger partial charge in [-0.05, 0) is 19.3 Å². The van der Waals surface area contributed by atoms with E-state index in [2.05, 4.69) is 5.32 Å². The van der Waals surface area contributed by atoms with Gasteiger partial charge >= 0.3 is 0 Å². The Balaban J connectivity index is 2.87. The SMILES string of the molecule is CCC(C)C1NC(=O)CC(C)N(CCCF)C1=O. The van der Waals surface area contributed by atoms with Gasteiger partial charge in [-0.15, -0.1) is 0 Å². The lowest BCUT2D eigenvalue weighted by atomic mass is 9.98. The van der Waals surface area contributed by atoms with E-state index in [1.54, 1.807) is 4.90 Å². The van der Waals surface area contributed by atoms with Gasteiger partial charge in [0.05, 0.1) is 6.67 Å². The zero-order valence-electron chi connectivity index (χ0n) is 11.4. The van der Waals surface area contributed by atoms with Gasteiger partial charge in [-0.25, -0.2) is 0 Å². The molecule has 1 N–H and O–H groups in total. The van der Waals surface area contributed by atoms with Gasteiger partial charge in [0.25, 0.3) is 0 Å². The Morgan fingerprint density at radius 1 is 1.50 bits per heavy atom. The summed E-state index contributed by atoms with van der Waals surface area (Å²) in [5, 5.41) is 2.79. The molecule has 0 radical (unpaired) electrons. The Morgan fingerprint density at radius 3 is 2.72 bits per heavy atom. The van der Waals surface area contributed by atoms with Crippen LogP contribution in [-0.2, 0) is 9.59 Å². The molecule has 1 fully saturated rings. The van der Waals surface area contributed by atoms with E-state index >= 15 is 0 Å². The molecule has 0 aromatic carbocycles. The molecule has 0 saturated carbocycles. The first-order valence-electron chi connectivity index (χ1n) is 6.67. The van der Waals surface area contributed by atoms with Crippen molar-refractivity contribution < 1.29 is 14.0 Å². The van der Waals surface area contributed by atoms with Crippen molar-refractivity contribution in [3.63, 3.8) is 0 Å². The maximum absolute atomic E-state index is 12.4. The third kappa shape index (κ3) is 3.43. The fourth-order valence-corrected chi connectivity index (χ4v) is 2.25. The second kappa shape index (κ2) is 6.71. The molecule has 3 unspecified atom stereocenters. The van der Waals surface area contributed by atoms with Crippen molar-refractivity contribution in [1.82, 2.24) is 10.2 Å². The molecule has 0 bridgehead atoms. The van der Waals surface area contributed by atoms with E-state index in [4.69, 9.17) is 0 Å². The highest BCUT2D eigenvalue weighted by atomic mass is 19.1. The number of hydrogen-bond acceptors (Lipinski definition) is 2. The number of carbonyl (C=O) groups excluding carboxylic acids is 2. The maximum Gasteiger partial charge on any atom is 0.245 e. The molecule has 18 heavy (non-hydrogen) atoms. The Hall–Kier alpha value is -1.13. The van der Waals surface area contributed by atoms with Crippen molar-refractivity contribution in [2.75, 3.05) is 13.2 Å². The summed E-state index contributed by atoms with van der Waals surface area (Å²) in [6, 6.07) is -0.620. The molecular formula is C13H23FN2O2. The van der Waals surface area contributed by atoms with Crippen LogP contribution in [-0.4, -0.2) is 42.0 Å². The highest BCUT2D eigenvalue weighted by Crippen LogP contribution is 2.18. The van der Waals surface area contributed by atoms with Crippen LogP contribution < -0.4 is 5.32 Å². The molecule has 104 valence electrons. The summed E-state index contributed by atoms with van der Waals surface area (Å²) >= 11 is 0. The van der Waals surface area contributed by atoms with Crippen LogP contribution in [0, 0.1) is 5.92 Å². The normalized spacial score (nSPS) is 26.8. The Kier molecular flexibility index (Phi) is 5.56. The molecule has 0 aromatic heterocycles. The van der Waals surface area contributed by atoms with Crippen LogP contribution in [0.25, 0.3) is 0 Å². The van der Waals surface area contributed by atoms with Crippen LogP contribution >= 0.6 is 0 Å². The first-order valence-corrected chi connectivity index (χ1v) is 6.67. The van der Waals surface area contributed by atoms with Crippen LogP contribution in [0.15, 0.2) is 0 Å². The summed E-state index contributed by atoms with van der Waals surface area (Å²) in [7, 11) is 0. The average Bonchev–Trinajstić information content (AvgIpc) is 2.44. The molecule has 1 aliphatic heterocycles. The molecule has 1 heterocycles. The summed E-state index contributed by atoms with van der Waals surface area (Å²) < 4.78 is 12.3. The van der Waals surface area contributed by atoms with E-state index < -0.39 is 12.7 Å². The van der Waals surface area contributed by atoms with E-state index in [1.807, 2.05) is 20.8 Å². The van der Waals surface area contributed by atoms with Gasteiger partial charge in [-0.2, -0.15) is 0 Å². The average molecular weight is 258 g/mol. The van der Waals surface area contributed by atoms with Crippen LogP contribution in [0.1, 0.15) is 40.0 Å². The summed E-state index contributed by atoms with van der Waals surface area (Å²) in [6.07, 6.45) is 1.45. The van der Waals surface area contributed by atoms with Crippen LogP contribution in [0.3, 0.4) is 0 Å². The smallest absolute Gasteiger partial charge is 0.245 e. The zero-order valence-corrected chi connectivity index (χ0v) is 11.4. The lowest BCUT2D eigenvalue weighted by Crippen LogP contribution is -2.49. The molecule has 5 heteroatoms. The molecule has 0 spiro atoms. The Bertz CT molecular complexity index is 309. The number of nitrogens with zero attached hydrogens (tertiary/aromatic N) is 1. The number of rotatable bonds is 5. The van der Waals surface area contributed by atoms with Gasteiger partial charge in [0.15, 0.2) is 0 Å². The second-order valence-electron chi connectivity index (χ2n) is 5.06. The number of amides is 2. The number of alkyl halides is 1. The van der Waals surface area contributed by atoms with Crippen LogP contribution in [0.5, 0.6) is 0 Å². The zero-order chi connectivity index (χ0) is 13.7. The topological polar surface area (TPSA) is 49.4 Å². The van der Waals surface area contributed by atoms with Gasteiger partial charge in [0.2, 0.25) is 11.8 Å². The molecule has 2 amide bonds. The molecule has 4 nitrogen and oxygen atoms in total. The third-order valence-electron chi connectivity index (χ3n) is 3.62. The van der Waals surface area contributed by atoms with Crippen molar-refractivity contribution in [2.24, 2.45) is 5.92 Å². The minimum atomic E-state index is -0.466. The van der Waals surface area contributed by atoms with E-state index in [-0.39, 0.29) is 23.8 Å². The highest BCUT2D eigenvalue weighted by molar-refractivity contribution is 5.90. The van der Waals surface area contributed by atoms with Gasteiger partial charge in [-0.3, -0.25) is 14.0 Å². The minimum absolute atomic E-state index is 0.0730. The molecular weight excluding hydrogens is 235 g/mol. The number of carbonyl (C=O) groups is 2. The van der Waals surface area contributed by atoms with Gasteiger partial charge in [-0.1, -0.05) is 20.3 Å². The van der Waals surface area contributed by atoms with Crippen molar-refractivity contribution in [2.45, 2.75) is 52.1 Å². The van der Waals surface area contributed by atoms with E-state index in [0.717, 1.165) is 6.42 Å². The van der Waals surface area contributed by atoms with Crippen molar-refractivity contribution in [3.05, 3.63) is 0 Å². The van der Waals surface area contributed by atoms with E-state index in [9.17, 15) is 14.0 Å². The Morgan fingerprint density at radius 2 is 2.17 bits per heavy atom. The lowest BCUT2D eigenvalue weighted by Gasteiger charge is -2.30. The molecule has 0 aliphatic carbocycles. The van der Waals surface area contributed by atoms with Gasteiger partial charge in [0, 0.05) is 19.0 Å². The monoisotopic (exact) mass is 258 g/mol. The standard InChI is InChI=1S/C13H23FN2O2/c1-4-9(2)12-13(18)16(7-5-6-14)10(3)8-11(17)15-12/h9-10,12H,4-8H2,1-3H3,(H,15,17). The second-order valence-corrected chi connectivity index (χ2v) is 5.06. The van der Waals surface area contributed by atoms with E-state index in [1.165, 1.54) is 0 Å². The first kappa shape index (κ1) is 14.9. The molecule has 1 aliphatic rings. The fourth-order valence-electron chi connectivity index (χ4n) is 2.25. The number of halogens is 1. The van der Waals surface area contributed by atoms with Crippen LogP contribution in [0.4, 0.5) is 4.39 Å². The molecule has 3 atom stereocenters. The summed E-state index contributed by atoms with van der Waals surface area (Å²) in [6.45, 7) is 5.73.